The molecule has 1 amide bonds. The standard InChI is InChI=1S/C13H22N4O/c1-3-10-9-12(16(2)15-10)13(18)17(8-7-14)11-5-4-6-11/h9,11H,3-8,14H2,1-2H3. The van der Waals surface area contributed by atoms with Gasteiger partial charge in [-0.15, -0.1) is 0 Å². The smallest absolute Gasteiger partial charge is 0.272 e. The summed E-state index contributed by atoms with van der Waals surface area (Å²) < 4.78 is 1.68. The van der Waals surface area contributed by atoms with Crippen molar-refractivity contribution in [2.24, 2.45) is 12.8 Å². The van der Waals surface area contributed by atoms with Crippen molar-refractivity contribution in [3.8, 4) is 0 Å². The number of aryl methyl sites for hydroxylation is 2. The molecule has 1 aromatic heterocycles. The molecule has 18 heavy (non-hydrogen) atoms. The Hall–Kier alpha value is -1.36. The van der Waals surface area contributed by atoms with Crippen LogP contribution < -0.4 is 5.73 Å². The Labute approximate surface area is 108 Å². The van der Waals surface area contributed by atoms with E-state index >= 15 is 0 Å². The number of nitrogens with two attached hydrogens (primary N) is 1. The van der Waals surface area contributed by atoms with E-state index in [9.17, 15) is 4.79 Å². The lowest BCUT2D eigenvalue weighted by Crippen LogP contribution is -2.47. The van der Waals surface area contributed by atoms with Crippen molar-refractivity contribution in [3.05, 3.63) is 17.5 Å². The molecule has 2 N–H and O–H groups in total. The van der Waals surface area contributed by atoms with Crippen LogP contribution in [0.4, 0.5) is 0 Å². The summed E-state index contributed by atoms with van der Waals surface area (Å²) in [5, 5.41) is 4.33. The van der Waals surface area contributed by atoms with Crippen LogP contribution in [0.2, 0.25) is 0 Å². The average molecular weight is 250 g/mol. The number of hydrogen-bond donors (Lipinski definition) is 1. The molecular formula is C13H22N4O. The normalized spacial score (nSPS) is 15.5. The Morgan fingerprint density at radius 2 is 2.33 bits per heavy atom. The molecule has 1 aliphatic rings. The molecule has 0 unspecified atom stereocenters. The van der Waals surface area contributed by atoms with Crippen LogP contribution in [-0.4, -0.2) is 39.7 Å². The lowest BCUT2D eigenvalue weighted by atomic mass is 9.91. The van der Waals surface area contributed by atoms with Crippen LogP contribution in [0.25, 0.3) is 0 Å². The minimum absolute atomic E-state index is 0.0693. The fourth-order valence-corrected chi connectivity index (χ4v) is 2.33. The van der Waals surface area contributed by atoms with Gasteiger partial charge in [-0.2, -0.15) is 5.10 Å². The minimum Gasteiger partial charge on any atom is -0.333 e. The number of rotatable bonds is 5. The summed E-state index contributed by atoms with van der Waals surface area (Å²) in [6, 6.07) is 2.27. The molecular weight excluding hydrogens is 228 g/mol. The van der Waals surface area contributed by atoms with Gasteiger partial charge in [0.25, 0.3) is 5.91 Å². The summed E-state index contributed by atoms with van der Waals surface area (Å²) in [6.07, 6.45) is 4.26. The number of aromatic nitrogens is 2. The monoisotopic (exact) mass is 250 g/mol. The summed E-state index contributed by atoms with van der Waals surface area (Å²) in [6.45, 7) is 3.19. The summed E-state index contributed by atoms with van der Waals surface area (Å²) in [5.41, 5.74) is 7.25. The van der Waals surface area contributed by atoms with Gasteiger partial charge in [-0.1, -0.05) is 6.92 Å². The maximum Gasteiger partial charge on any atom is 0.272 e. The van der Waals surface area contributed by atoms with Crippen molar-refractivity contribution >= 4 is 5.91 Å². The van der Waals surface area contributed by atoms with Crippen LogP contribution in [0.1, 0.15) is 42.4 Å². The molecule has 1 aromatic rings. The Kier molecular flexibility index (Phi) is 4.01. The molecule has 0 saturated heterocycles. The molecule has 1 fully saturated rings. The van der Waals surface area contributed by atoms with Gasteiger partial charge in [0.2, 0.25) is 0 Å². The SMILES string of the molecule is CCc1cc(C(=O)N(CCN)C2CCC2)n(C)n1. The lowest BCUT2D eigenvalue weighted by molar-refractivity contribution is 0.0577. The Morgan fingerprint density at radius 1 is 1.61 bits per heavy atom. The molecule has 1 heterocycles. The molecule has 2 rings (SSSR count). The zero-order chi connectivity index (χ0) is 13.1. The first kappa shape index (κ1) is 13.1. The van der Waals surface area contributed by atoms with Crippen LogP contribution >= 0.6 is 0 Å². The molecule has 0 radical (unpaired) electrons. The lowest BCUT2D eigenvalue weighted by Gasteiger charge is -2.37. The van der Waals surface area contributed by atoms with E-state index in [-0.39, 0.29) is 5.91 Å². The van der Waals surface area contributed by atoms with E-state index in [1.807, 2.05) is 24.9 Å². The van der Waals surface area contributed by atoms with E-state index in [2.05, 4.69) is 5.10 Å². The third-order valence-corrected chi connectivity index (χ3v) is 3.66. The van der Waals surface area contributed by atoms with Crippen LogP contribution in [0, 0.1) is 0 Å². The first-order chi connectivity index (χ1) is 8.67. The van der Waals surface area contributed by atoms with E-state index in [1.165, 1.54) is 6.42 Å². The summed E-state index contributed by atoms with van der Waals surface area (Å²) in [5.74, 6) is 0.0693. The zero-order valence-electron chi connectivity index (χ0n) is 11.2. The molecule has 0 aliphatic heterocycles. The van der Waals surface area contributed by atoms with Crippen molar-refractivity contribution in [1.82, 2.24) is 14.7 Å². The van der Waals surface area contributed by atoms with E-state index in [1.54, 1.807) is 4.68 Å². The predicted octanol–water partition coefficient (Wildman–Crippen LogP) is 0.936. The fraction of sp³-hybridized carbons (Fsp3) is 0.692. The van der Waals surface area contributed by atoms with Crippen LogP contribution in [-0.2, 0) is 13.5 Å². The van der Waals surface area contributed by atoms with Gasteiger partial charge < -0.3 is 10.6 Å². The van der Waals surface area contributed by atoms with Crippen molar-refractivity contribution in [2.75, 3.05) is 13.1 Å². The molecule has 5 nitrogen and oxygen atoms in total. The maximum atomic E-state index is 12.5. The van der Waals surface area contributed by atoms with Gasteiger partial charge in [0.1, 0.15) is 5.69 Å². The predicted molar refractivity (Wildman–Crippen MR) is 70.3 cm³/mol. The molecule has 0 aromatic carbocycles. The van der Waals surface area contributed by atoms with Gasteiger partial charge in [-0.05, 0) is 31.7 Å². The minimum atomic E-state index is 0.0693. The molecule has 0 bridgehead atoms. The number of amides is 1. The third-order valence-electron chi connectivity index (χ3n) is 3.66. The summed E-state index contributed by atoms with van der Waals surface area (Å²) >= 11 is 0. The van der Waals surface area contributed by atoms with Crippen molar-refractivity contribution < 1.29 is 4.79 Å². The molecule has 0 atom stereocenters. The quantitative estimate of drug-likeness (QED) is 0.845. The van der Waals surface area contributed by atoms with Gasteiger partial charge in [0.15, 0.2) is 0 Å². The molecule has 1 saturated carbocycles. The van der Waals surface area contributed by atoms with Crippen LogP contribution in [0.3, 0.4) is 0 Å². The average Bonchev–Trinajstić information content (AvgIpc) is 2.67. The maximum absolute atomic E-state index is 12.5. The largest absolute Gasteiger partial charge is 0.333 e. The first-order valence-corrected chi connectivity index (χ1v) is 6.71. The molecule has 5 heteroatoms. The second kappa shape index (κ2) is 5.52. The highest BCUT2D eigenvalue weighted by Crippen LogP contribution is 2.26. The second-order valence-corrected chi connectivity index (χ2v) is 4.87. The van der Waals surface area contributed by atoms with Crippen molar-refractivity contribution in [2.45, 2.75) is 38.6 Å². The van der Waals surface area contributed by atoms with Gasteiger partial charge in [0.05, 0.1) is 5.69 Å². The van der Waals surface area contributed by atoms with Crippen LogP contribution in [0.5, 0.6) is 0 Å². The number of carbonyl (C=O) groups is 1. The molecule has 0 spiro atoms. The topological polar surface area (TPSA) is 64.2 Å². The Balaban J connectivity index is 2.18. The highest BCUT2D eigenvalue weighted by Gasteiger charge is 2.30. The fourth-order valence-electron chi connectivity index (χ4n) is 2.33. The molecule has 1 aliphatic carbocycles. The van der Waals surface area contributed by atoms with Gasteiger partial charge in [0, 0.05) is 26.2 Å². The van der Waals surface area contributed by atoms with Gasteiger partial charge >= 0.3 is 0 Å². The number of hydrogen-bond acceptors (Lipinski definition) is 3. The number of carbonyl (C=O) groups excluding carboxylic acids is 1. The van der Waals surface area contributed by atoms with Gasteiger partial charge in [-0.25, -0.2) is 0 Å². The van der Waals surface area contributed by atoms with E-state index in [4.69, 9.17) is 5.73 Å². The van der Waals surface area contributed by atoms with E-state index in [0.29, 0.717) is 24.8 Å². The second-order valence-electron chi connectivity index (χ2n) is 4.87. The third kappa shape index (κ3) is 2.41. The van der Waals surface area contributed by atoms with Crippen molar-refractivity contribution in [1.29, 1.82) is 0 Å². The first-order valence-electron chi connectivity index (χ1n) is 6.71. The Bertz CT molecular complexity index is 423. The van der Waals surface area contributed by atoms with Gasteiger partial charge in [-0.3, -0.25) is 9.48 Å². The summed E-state index contributed by atoms with van der Waals surface area (Å²) in [7, 11) is 1.83. The van der Waals surface area contributed by atoms with E-state index < -0.39 is 0 Å². The summed E-state index contributed by atoms with van der Waals surface area (Å²) in [4.78, 5) is 14.4. The zero-order valence-corrected chi connectivity index (χ0v) is 11.2. The Morgan fingerprint density at radius 3 is 2.78 bits per heavy atom. The number of nitrogens with zero attached hydrogens (tertiary/aromatic N) is 3. The molecule has 100 valence electrons. The van der Waals surface area contributed by atoms with E-state index in [0.717, 1.165) is 25.0 Å². The highest BCUT2D eigenvalue weighted by atomic mass is 16.2. The van der Waals surface area contributed by atoms with Crippen LogP contribution in [0.15, 0.2) is 6.07 Å². The highest BCUT2D eigenvalue weighted by molar-refractivity contribution is 5.93. The van der Waals surface area contributed by atoms with Crippen molar-refractivity contribution in [3.63, 3.8) is 0 Å².